The highest BCUT2D eigenvalue weighted by molar-refractivity contribution is 5.94. The molecule has 0 aromatic heterocycles. The number of alkyl halides is 3. The Morgan fingerprint density at radius 3 is 2.47 bits per heavy atom. The van der Waals surface area contributed by atoms with Gasteiger partial charge in [0.1, 0.15) is 17.6 Å². The topological polar surface area (TPSA) is 109 Å². The molecule has 1 unspecified atom stereocenters. The largest absolute Gasteiger partial charge is 0.416 e. The standard InChI is InChI=1S/C22H20F4N6O2/c1-13-2-7-16(17(23)10-13)20(33)28-8-9-32-12-19(30-31-32)21(34)29-18(11-27)14-3-5-15(6-4-14)22(24,25)26/h2-7,10,12,18,30-31H,8-9H2,1H3,(H,28,33)(H,29,34). The lowest BCUT2D eigenvalue weighted by molar-refractivity contribution is -0.137. The van der Waals surface area contributed by atoms with Crippen molar-refractivity contribution in [1.82, 2.24) is 26.6 Å². The average Bonchev–Trinajstić information content (AvgIpc) is 3.26. The summed E-state index contributed by atoms with van der Waals surface area (Å²) in [6.07, 6.45) is -3.12. The van der Waals surface area contributed by atoms with E-state index in [1.54, 1.807) is 13.0 Å². The number of amides is 2. The van der Waals surface area contributed by atoms with Crippen molar-refractivity contribution in [3.63, 3.8) is 0 Å². The second-order valence-corrected chi connectivity index (χ2v) is 7.37. The summed E-state index contributed by atoms with van der Waals surface area (Å²) in [7, 11) is 0. The first-order valence-corrected chi connectivity index (χ1v) is 10.0. The summed E-state index contributed by atoms with van der Waals surface area (Å²) in [5, 5.41) is 15.8. The monoisotopic (exact) mass is 476 g/mol. The summed E-state index contributed by atoms with van der Waals surface area (Å²) >= 11 is 0. The first-order chi connectivity index (χ1) is 16.1. The van der Waals surface area contributed by atoms with E-state index in [4.69, 9.17) is 0 Å². The Hall–Kier alpha value is -4.11. The van der Waals surface area contributed by atoms with Gasteiger partial charge in [-0.05, 0) is 42.3 Å². The molecule has 178 valence electrons. The van der Waals surface area contributed by atoms with Gasteiger partial charge in [-0.3, -0.25) is 20.0 Å². The zero-order valence-electron chi connectivity index (χ0n) is 17.8. The maximum absolute atomic E-state index is 13.9. The molecular formula is C22H20F4N6O2. The average molecular weight is 476 g/mol. The summed E-state index contributed by atoms with van der Waals surface area (Å²) < 4.78 is 52.0. The molecule has 4 N–H and O–H groups in total. The number of halogens is 4. The van der Waals surface area contributed by atoms with Gasteiger partial charge in [0, 0.05) is 12.7 Å². The number of hydrogen-bond acceptors (Lipinski definition) is 6. The molecule has 2 aromatic rings. The molecule has 3 rings (SSSR count). The molecule has 1 heterocycles. The number of hydrazine groups is 2. The van der Waals surface area contributed by atoms with Crippen LogP contribution in [0.2, 0.25) is 0 Å². The van der Waals surface area contributed by atoms with Gasteiger partial charge in [0.25, 0.3) is 11.8 Å². The lowest BCUT2D eigenvalue weighted by atomic mass is 10.1. The van der Waals surface area contributed by atoms with E-state index < -0.39 is 35.4 Å². The third kappa shape index (κ3) is 6.02. The van der Waals surface area contributed by atoms with E-state index in [2.05, 4.69) is 21.6 Å². The van der Waals surface area contributed by atoms with Gasteiger partial charge in [0.2, 0.25) is 0 Å². The van der Waals surface area contributed by atoms with Crippen LogP contribution in [0, 0.1) is 24.1 Å². The number of nitrogens with zero attached hydrogens (tertiary/aromatic N) is 2. The zero-order chi connectivity index (χ0) is 24.9. The lowest BCUT2D eigenvalue weighted by Gasteiger charge is -2.15. The van der Waals surface area contributed by atoms with Crippen LogP contribution in [0.4, 0.5) is 17.6 Å². The molecule has 34 heavy (non-hydrogen) atoms. The van der Waals surface area contributed by atoms with Crippen LogP contribution in [0.5, 0.6) is 0 Å². The molecule has 0 saturated heterocycles. The molecule has 8 nitrogen and oxygen atoms in total. The van der Waals surface area contributed by atoms with Crippen molar-refractivity contribution < 1.29 is 27.2 Å². The molecule has 0 saturated carbocycles. The fourth-order valence-electron chi connectivity index (χ4n) is 3.04. The van der Waals surface area contributed by atoms with Crippen LogP contribution in [-0.4, -0.2) is 29.9 Å². The van der Waals surface area contributed by atoms with Gasteiger partial charge in [0.05, 0.1) is 23.7 Å². The fourth-order valence-corrected chi connectivity index (χ4v) is 3.04. The fraction of sp³-hybridized carbons (Fsp3) is 0.227. The molecule has 0 fully saturated rings. The van der Waals surface area contributed by atoms with E-state index in [-0.39, 0.29) is 29.9 Å². The highest BCUT2D eigenvalue weighted by Gasteiger charge is 2.30. The zero-order valence-corrected chi connectivity index (χ0v) is 17.8. The Kier molecular flexibility index (Phi) is 7.37. The van der Waals surface area contributed by atoms with Crippen LogP contribution in [0.3, 0.4) is 0 Å². The van der Waals surface area contributed by atoms with Gasteiger partial charge in [-0.15, -0.1) is 5.53 Å². The minimum Gasteiger partial charge on any atom is -0.350 e. The Morgan fingerprint density at radius 2 is 1.85 bits per heavy atom. The third-order valence-electron chi connectivity index (χ3n) is 4.85. The second-order valence-electron chi connectivity index (χ2n) is 7.37. The molecule has 1 aliphatic rings. The maximum Gasteiger partial charge on any atom is 0.416 e. The number of nitrogens with one attached hydrogen (secondary N) is 4. The van der Waals surface area contributed by atoms with Crippen LogP contribution < -0.4 is 21.6 Å². The van der Waals surface area contributed by atoms with Crippen molar-refractivity contribution in [2.75, 3.05) is 13.1 Å². The highest BCUT2D eigenvalue weighted by atomic mass is 19.4. The van der Waals surface area contributed by atoms with Crippen LogP contribution in [0.25, 0.3) is 0 Å². The smallest absolute Gasteiger partial charge is 0.350 e. The SMILES string of the molecule is Cc1ccc(C(=O)NCCN2C=C(C(=O)NC(C#N)c3ccc(C(F)(F)F)cc3)NN2)c(F)c1. The lowest BCUT2D eigenvalue weighted by Crippen LogP contribution is -2.42. The van der Waals surface area contributed by atoms with Crippen LogP contribution in [0.15, 0.2) is 54.4 Å². The Labute approximate surface area is 192 Å². The number of carbonyl (C=O) groups excluding carboxylic acids is 2. The van der Waals surface area contributed by atoms with Crippen molar-refractivity contribution in [1.29, 1.82) is 5.26 Å². The molecule has 2 amide bonds. The molecule has 1 aliphatic heterocycles. The van der Waals surface area contributed by atoms with E-state index in [9.17, 15) is 32.4 Å². The Balaban J connectivity index is 1.52. The molecule has 12 heteroatoms. The molecule has 0 aliphatic carbocycles. The summed E-state index contributed by atoms with van der Waals surface area (Å²) in [4.78, 5) is 24.6. The summed E-state index contributed by atoms with van der Waals surface area (Å²) in [5.74, 6) is -1.88. The first kappa shape index (κ1) is 24.5. The minimum atomic E-state index is -4.51. The number of rotatable bonds is 7. The van der Waals surface area contributed by atoms with Gasteiger partial charge in [-0.1, -0.05) is 18.2 Å². The number of hydrogen-bond donors (Lipinski definition) is 4. The predicted molar refractivity (Wildman–Crippen MR) is 112 cm³/mol. The predicted octanol–water partition coefficient (Wildman–Crippen LogP) is 2.43. The molecule has 0 radical (unpaired) electrons. The van der Waals surface area contributed by atoms with Gasteiger partial charge in [0.15, 0.2) is 0 Å². The molecular weight excluding hydrogens is 456 g/mol. The third-order valence-corrected chi connectivity index (χ3v) is 4.85. The van der Waals surface area contributed by atoms with E-state index in [1.807, 2.05) is 6.07 Å². The van der Waals surface area contributed by atoms with Crippen molar-refractivity contribution >= 4 is 11.8 Å². The van der Waals surface area contributed by atoms with E-state index in [1.165, 1.54) is 23.3 Å². The molecule has 1 atom stereocenters. The van der Waals surface area contributed by atoms with Gasteiger partial charge >= 0.3 is 6.18 Å². The van der Waals surface area contributed by atoms with Gasteiger partial charge in [-0.2, -0.15) is 18.4 Å². The Morgan fingerprint density at radius 1 is 1.15 bits per heavy atom. The maximum atomic E-state index is 13.9. The molecule has 0 spiro atoms. The van der Waals surface area contributed by atoms with Gasteiger partial charge in [-0.25, -0.2) is 4.39 Å². The van der Waals surface area contributed by atoms with E-state index >= 15 is 0 Å². The normalized spacial score (nSPS) is 14.0. The Bertz CT molecular complexity index is 1140. The van der Waals surface area contributed by atoms with Crippen molar-refractivity contribution in [2.45, 2.75) is 19.1 Å². The summed E-state index contributed by atoms with van der Waals surface area (Å²) in [6, 6.07) is 8.84. The van der Waals surface area contributed by atoms with E-state index in [0.29, 0.717) is 5.56 Å². The molecule has 2 aromatic carbocycles. The summed E-state index contributed by atoms with van der Waals surface area (Å²) in [5.41, 5.74) is 5.25. The number of carbonyl (C=O) groups is 2. The van der Waals surface area contributed by atoms with Crippen LogP contribution >= 0.6 is 0 Å². The number of aryl methyl sites for hydroxylation is 1. The number of nitriles is 1. The van der Waals surface area contributed by atoms with Crippen molar-refractivity contribution in [3.8, 4) is 6.07 Å². The quantitative estimate of drug-likeness (QED) is 0.457. The minimum absolute atomic E-state index is 0.0445. The second kappa shape index (κ2) is 10.2. The first-order valence-electron chi connectivity index (χ1n) is 10.0. The van der Waals surface area contributed by atoms with Crippen molar-refractivity contribution in [3.05, 3.63) is 82.4 Å². The number of benzene rings is 2. The van der Waals surface area contributed by atoms with Crippen LogP contribution in [0.1, 0.15) is 33.1 Å². The summed E-state index contributed by atoms with van der Waals surface area (Å²) in [6.45, 7) is 2.04. The highest BCUT2D eigenvalue weighted by Crippen LogP contribution is 2.29. The van der Waals surface area contributed by atoms with Gasteiger partial charge < -0.3 is 10.6 Å². The van der Waals surface area contributed by atoms with Crippen LogP contribution in [-0.2, 0) is 11.0 Å². The van der Waals surface area contributed by atoms with Crippen molar-refractivity contribution in [2.24, 2.45) is 0 Å². The van der Waals surface area contributed by atoms with E-state index in [0.717, 1.165) is 24.3 Å². The molecule has 0 bridgehead atoms.